The van der Waals surface area contributed by atoms with E-state index in [4.69, 9.17) is 4.74 Å². The van der Waals surface area contributed by atoms with Crippen LogP contribution in [-0.4, -0.2) is 22.5 Å². The fourth-order valence-electron chi connectivity index (χ4n) is 2.89. The topological polar surface area (TPSA) is 72.0 Å². The minimum Gasteiger partial charge on any atom is -0.462 e. The first kappa shape index (κ1) is 19.0. The van der Waals surface area contributed by atoms with Crippen LogP contribution in [0.3, 0.4) is 0 Å². The first-order valence-electron chi connectivity index (χ1n) is 8.78. The van der Waals surface area contributed by atoms with Crippen molar-refractivity contribution in [1.29, 1.82) is 0 Å². The van der Waals surface area contributed by atoms with E-state index in [2.05, 4.69) is 9.97 Å². The van der Waals surface area contributed by atoms with Crippen LogP contribution in [0.15, 0.2) is 23.0 Å². The van der Waals surface area contributed by atoms with Crippen LogP contribution in [0, 0.1) is 27.7 Å². The van der Waals surface area contributed by atoms with Crippen molar-refractivity contribution in [3.63, 3.8) is 0 Å². The lowest BCUT2D eigenvalue weighted by molar-refractivity contribution is -0.136. The fourth-order valence-corrected chi connectivity index (χ4v) is 3.92. The highest BCUT2D eigenvalue weighted by atomic mass is 32.1. The van der Waals surface area contributed by atoms with Crippen LogP contribution >= 0.6 is 11.3 Å². The molecule has 2 heterocycles. The summed E-state index contributed by atoms with van der Waals surface area (Å²) in [6, 6.07) is 6.00. The predicted octanol–water partition coefficient (Wildman–Crippen LogP) is 4.32. The zero-order chi connectivity index (χ0) is 19.7. The average Bonchev–Trinajstić information content (AvgIpc) is 2.90. The van der Waals surface area contributed by atoms with Crippen molar-refractivity contribution in [1.82, 2.24) is 9.97 Å². The van der Waals surface area contributed by atoms with Crippen molar-refractivity contribution >= 4 is 39.2 Å². The summed E-state index contributed by atoms with van der Waals surface area (Å²) in [5, 5.41) is 0.580. The van der Waals surface area contributed by atoms with Crippen LogP contribution < -0.4 is 5.56 Å². The maximum atomic E-state index is 12.6. The number of aryl methyl sites for hydroxylation is 4. The first-order valence-corrected chi connectivity index (χ1v) is 9.60. The summed E-state index contributed by atoms with van der Waals surface area (Å²) in [6.45, 7) is 9.82. The van der Waals surface area contributed by atoms with E-state index in [1.165, 1.54) is 11.3 Å². The van der Waals surface area contributed by atoms with E-state index in [0.29, 0.717) is 10.2 Å². The molecule has 0 bridgehead atoms. The number of H-pyrrole nitrogens is 1. The molecule has 1 N–H and O–H groups in total. The number of aromatic amines is 1. The monoisotopic (exact) mass is 382 g/mol. The highest BCUT2D eigenvalue weighted by molar-refractivity contribution is 7.18. The third kappa shape index (κ3) is 3.71. The number of carbonyl (C=O) groups is 1. The molecule has 3 aromatic rings. The molecule has 0 aliphatic heterocycles. The standard InChI is InChI=1S/C21H22N2O3S/c1-6-26-21(25)16(10-15-9-11(2)7-8-12(15)3)18-22-19(24)17-13(4)14(5)27-20(17)23-18/h7-10H,6H2,1-5H3,(H,22,23,24)/b16-10+. The number of ether oxygens (including phenoxy) is 1. The van der Waals surface area contributed by atoms with Gasteiger partial charge < -0.3 is 9.72 Å². The number of rotatable bonds is 4. The third-order valence-electron chi connectivity index (χ3n) is 4.52. The zero-order valence-corrected chi connectivity index (χ0v) is 16.9. The lowest BCUT2D eigenvalue weighted by Gasteiger charge is -2.09. The highest BCUT2D eigenvalue weighted by Crippen LogP contribution is 2.27. The number of nitrogens with zero attached hydrogens (tertiary/aromatic N) is 1. The lowest BCUT2D eigenvalue weighted by Crippen LogP contribution is -2.15. The normalized spacial score (nSPS) is 11.8. The molecule has 0 unspecified atom stereocenters. The number of carbonyl (C=O) groups excluding carboxylic acids is 1. The summed E-state index contributed by atoms with van der Waals surface area (Å²) in [5.74, 6) is -0.279. The Bertz CT molecular complexity index is 1120. The van der Waals surface area contributed by atoms with Gasteiger partial charge in [-0.1, -0.05) is 23.8 Å². The number of esters is 1. The van der Waals surface area contributed by atoms with Gasteiger partial charge in [0.05, 0.1) is 12.0 Å². The van der Waals surface area contributed by atoms with Gasteiger partial charge in [0, 0.05) is 4.88 Å². The fraction of sp³-hybridized carbons (Fsp3) is 0.286. The van der Waals surface area contributed by atoms with Crippen LogP contribution in [0.1, 0.15) is 39.9 Å². The molecular formula is C21H22N2O3S. The summed E-state index contributed by atoms with van der Waals surface area (Å²) >= 11 is 1.45. The minimum atomic E-state index is -0.508. The highest BCUT2D eigenvalue weighted by Gasteiger charge is 2.20. The van der Waals surface area contributed by atoms with Crippen LogP contribution in [0.4, 0.5) is 0 Å². The van der Waals surface area contributed by atoms with Crippen molar-refractivity contribution in [2.45, 2.75) is 34.6 Å². The largest absolute Gasteiger partial charge is 0.462 e. The Hall–Kier alpha value is -2.73. The van der Waals surface area contributed by atoms with Crippen LogP contribution in [-0.2, 0) is 9.53 Å². The van der Waals surface area contributed by atoms with E-state index in [1.807, 2.05) is 45.9 Å². The Labute approximate surface area is 161 Å². The molecule has 0 aliphatic rings. The number of thiophene rings is 1. The smallest absolute Gasteiger partial charge is 0.341 e. The molecule has 0 saturated heterocycles. The van der Waals surface area contributed by atoms with Crippen molar-refractivity contribution in [3.05, 3.63) is 61.5 Å². The lowest BCUT2D eigenvalue weighted by atomic mass is 10.0. The molecule has 140 valence electrons. The third-order valence-corrected chi connectivity index (χ3v) is 5.63. The minimum absolute atomic E-state index is 0.230. The molecule has 0 aliphatic carbocycles. The summed E-state index contributed by atoms with van der Waals surface area (Å²) < 4.78 is 5.22. The van der Waals surface area contributed by atoms with Gasteiger partial charge in [0.1, 0.15) is 16.2 Å². The second kappa shape index (κ2) is 7.48. The van der Waals surface area contributed by atoms with E-state index < -0.39 is 5.97 Å². The number of nitrogens with one attached hydrogen (secondary N) is 1. The summed E-state index contributed by atoms with van der Waals surface area (Å²) in [5.41, 5.74) is 3.91. The summed E-state index contributed by atoms with van der Waals surface area (Å²) in [4.78, 5) is 34.2. The Kier molecular flexibility index (Phi) is 5.28. The number of hydrogen-bond acceptors (Lipinski definition) is 5. The van der Waals surface area contributed by atoms with Gasteiger partial charge >= 0.3 is 5.97 Å². The van der Waals surface area contributed by atoms with Gasteiger partial charge in [-0.2, -0.15) is 0 Å². The van der Waals surface area contributed by atoms with Gasteiger partial charge in [0.25, 0.3) is 5.56 Å². The van der Waals surface area contributed by atoms with Crippen molar-refractivity contribution in [2.24, 2.45) is 0 Å². The van der Waals surface area contributed by atoms with Crippen molar-refractivity contribution in [2.75, 3.05) is 6.61 Å². The first-order chi connectivity index (χ1) is 12.8. The van der Waals surface area contributed by atoms with E-state index in [1.54, 1.807) is 13.0 Å². The SMILES string of the molecule is CCOC(=O)/C(=C/c1cc(C)ccc1C)c1nc2sc(C)c(C)c2c(=O)[nH]1. The molecule has 0 fully saturated rings. The number of hydrogen-bond donors (Lipinski definition) is 1. The number of aromatic nitrogens is 2. The molecule has 1 aromatic carbocycles. The average molecular weight is 382 g/mol. The van der Waals surface area contributed by atoms with E-state index in [0.717, 1.165) is 27.1 Å². The van der Waals surface area contributed by atoms with Gasteiger partial charge in [-0.3, -0.25) is 4.79 Å². The van der Waals surface area contributed by atoms with Gasteiger partial charge in [-0.15, -0.1) is 11.3 Å². The van der Waals surface area contributed by atoms with E-state index >= 15 is 0 Å². The van der Waals surface area contributed by atoms with Crippen LogP contribution in [0.2, 0.25) is 0 Å². The summed E-state index contributed by atoms with van der Waals surface area (Å²) in [7, 11) is 0. The van der Waals surface area contributed by atoms with Crippen LogP contribution in [0.5, 0.6) is 0 Å². The quantitative estimate of drug-likeness (QED) is 0.539. The predicted molar refractivity (Wildman–Crippen MR) is 110 cm³/mol. The van der Waals surface area contributed by atoms with Gasteiger partial charge in [-0.05, 0) is 57.4 Å². The molecule has 0 amide bonds. The molecule has 3 rings (SSSR count). The molecule has 27 heavy (non-hydrogen) atoms. The van der Waals surface area contributed by atoms with Gasteiger partial charge in [0.15, 0.2) is 0 Å². The molecule has 0 spiro atoms. The second-order valence-corrected chi connectivity index (χ2v) is 7.72. The molecule has 0 radical (unpaired) electrons. The summed E-state index contributed by atoms with van der Waals surface area (Å²) in [6.07, 6.45) is 1.73. The van der Waals surface area contributed by atoms with Gasteiger partial charge in [-0.25, -0.2) is 9.78 Å². The second-order valence-electron chi connectivity index (χ2n) is 6.52. The van der Waals surface area contributed by atoms with Crippen molar-refractivity contribution < 1.29 is 9.53 Å². The van der Waals surface area contributed by atoms with E-state index in [9.17, 15) is 9.59 Å². The molecular weight excluding hydrogens is 360 g/mol. The Balaban J connectivity index is 2.24. The Morgan fingerprint density at radius 1 is 1.26 bits per heavy atom. The zero-order valence-electron chi connectivity index (χ0n) is 16.1. The molecule has 0 saturated carbocycles. The Morgan fingerprint density at radius 2 is 2.00 bits per heavy atom. The molecule has 6 heteroatoms. The van der Waals surface area contributed by atoms with Crippen molar-refractivity contribution in [3.8, 4) is 0 Å². The van der Waals surface area contributed by atoms with E-state index in [-0.39, 0.29) is 23.6 Å². The molecule has 2 aromatic heterocycles. The number of benzene rings is 1. The number of fused-ring (bicyclic) bond motifs is 1. The molecule has 5 nitrogen and oxygen atoms in total. The molecule has 0 atom stereocenters. The van der Waals surface area contributed by atoms with Crippen LogP contribution in [0.25, 0.3) is 21.9 Å². The Morgan fingerprint density at radius 3 is 2.70 bits per heavy atom. The van der Waals surface area contributed by atoms with Gasteiger partial charge in [0.2, 0.25) is 0 Å². The maximum absolute atomic E-state index is 12.6. The maximum Gasteiger partial charge on any atom is 0.341 e.